The monoisotopic (exact) mass is 196 g/mol. The van der Waals surface area contributed by atoms with Crippen LogP contribution in [0.3, 0.4) is 0 Å². The van der Waals surface area contributed by atoms with Crippen LogP contribution in [-0.2, 0) is 4.74 Å². The number of hydrogen-bond donors (Lipinski definition) is 1. The van der Waals surface area contributed by atoms with Crippen molar-refractivity contribution < 1.29 is 4.74 Å². The van der Waals surface area contributed by atoms with Crippen molar-refractivity contribution in [3.8, 4) is 0 Å². The molecule has 0 aromatic rings. The molecular formula is C11H20N2O. The Kier molecular flexibility index (Phi) is 3.40. The lowest BCUT2D eigenvalue weighted by atomic mass is 9.95. The lowest BCUT2D eigenvalue weighted by Gasteiger charge is -2.22. The summed E-state index contributed by atoms with van der Waals surface area (Å²) in [5.74, 6) is 1.81. The van der Waals surface area contributed by atoms with Crippen LogP contribution in [0.5, 0.6) is 0 Å². The Morgan fingerprint density at radius 1 is 1.43 bits per heavy atom. The van der Waals surface area contributed by atoms with Gasteiger partial charge in [-0.3, -0.25) is 4.99 Å². The predicted molar refractivity (Wildman–Crippen MR) is 57.7 cm³/mol. The lowest BCUT2D eigenvalue weighted by molar-refractivity contribution is 0.208. The number of rotatable bonds is 3. The Morgan fingerprint density at radius 2 is 2.21 bits per heavy atom. The molecule has 2 rings (SSSR count). The van der Waals surface area contributed by atoms with E-state index in [2.05, 4.69) is 17.2 Å². The van der Waals surface area contributed by atoms with Crippen LogP contribution >= 0.6 is 0 Å². The molecular weight excluding hydrogens is 176 g/mol. The molecule has 0 aromatic carbocycles. The first-order valence-electron chi connectivity index (χ1n) is 5.79. The van der Waals surface area contributed by atoms with Crippen molar-refractivity contribution in [3.05, 3.63) is 0 Å². The number of nitrogens with zero attached hydrogens (tertiary/aromatic N) is 1. The highest BCUT2D eigenvalue weighted by Crippen LogP contribution is 2.20. The fourth-order valence-electron chi connectivity index (χ4n) is 2.13. The summed E-state index contributed by atoms with van der Waals surface area (Å²) in [4.78, 5) is 4.46. The molecule has 1 fully saturated rings. The van der Waals surface area contributed by atoms with Crippen molar-refractivity contribution in [2.75, 3.05) is 19.6 Å². The predicted octanol–water partition coefficient (Wildman–Crippen LogP) is 1.58. The maximum atomic E-state index is 5.74. The van der Waals surface area contributed by atoms with Gasteiger partial charge in [-0.05, 0) is 38.3 Å². The zero-order valence-corrected chi connectivity index (χ0v) is 8.96. The van der Waals surface area contributed by atoms with Gasteiger partial charge in [0.2, 0.25) is 0 Å². The average Bonchev–Trinajstić information content (AvgIpc) is 2.67. The third-order valence-corrected chi connectivity index (χ3v) is 3.15. The number of aliphatic imine (C=N–C) groups is 1. The van der Waals surface area contributed by atoms with E-state index in [1.807, 2.05) is 0 Å². The van der Waals surface area contributed by atoms with E-state index in [9.17, 15) is 0 Å². The minimum Gasteiger partial charge on any atom is -0.476 e. The van der Waals surface area contributed by atoms with Gasteiger partial charge in [0.1, 0.15) is 6.10 Å². The van der Waals surface area contributed by atoms with E-state index in [1.54, 1.807) is 0 Å². The summed E-state index contributed by atoms with van der Waals surface area (Å²) in [6.07, 6.45) is 5.07. The van der Waals surface area contributed by atoms with Gasteiger partial charge in [-0.25, -0.2) is 0 Å². The molecule has 14 heavy (non-hydrogen) atoms. The van der Waals surface area contributed by atoms with Crippen LogP contribution in [0.25, 0.3) is 0 Å². The minimum absolute atomic E-state index is 0.367. The fourth-order valence-corrected chi connectivity index (χ4v) is 2.13. The topological polar surface area (TPSA) is 33.6 Å². The van der Waals surface area contributed by atoms with E-state index in [1.165, 1.54) is 12.8 Å². The second-order valence-corrected chi connectivity index (χ2v) is 4.28. The smallest absolute Gasteiger partial charge is 0.183 e. The third-order valence-electron chi connectivity index (χ3n) is 3.15. The highest BCUT2D eigenvalue weighted by Gasteiger charge is 2.22. The van der Waals surface area contributed by atoms with Crippen molar-refractivity contribution in [1.82, 2.24) is 5.32 Å². The molecule has 1 unspecified atom stereocenters. The second kappa shape index (κ2) is 4.78. The van der Waals surface area contributed by atoms with Crippen LogP contribution in [-0.4, -0.2) is 31.6 Å². The minimum atomic E-state index is 0.367. The molecule has 80 valence electrons. The molecule has 1 N–H and O–H groups in total. The molecule has 0 bridgehead atoms. The van der Waals surface area contributed by atoms with Crippen LogP contribution in [0.2, 0.25) is 0 Å². The summed E-state index contributed by atoms with van der Waals surface area (Å²) in [6.45, 7) is 5.37. The molecule has 1 saturated heterocycles. The second-order valence-electron chi connectivity index (χ2n) is 4.28. The summed E-state index contributed by atoms with van der Waals surface area (Å²) in [7, 11) is 0. The summed E-state index contributed by atoms with van der Waals surface area (Å²) in [6, 6.07) is 0. The van der Waals surface area contributed by atoms with Crippen LogP contribution in [0.1, 0.15) is 32.6 Å². The van der Waals surface area contributed by atoms with E-state index in [0.717, 1.165) is 44.3 Å². The Hall–Kier alpha value is -0.570. The number of hydrogen-bond acceptors (Lipinski definition) is 3. The van der Waals surface area contributed by atoms with Gasteiger partial charge in [-0.1, -0.05) is 6.92 Å². The lowest BCUT2D eigenvalue weighted by Crippen LogP contribution is -2.29. The first-order valence-corrected chi connectivity index (χ1v) is 5.79. The molecule has 0 aliphatic carbocycles. The van der Waals surface area contributed by atoms with E-state index in [4.69, 9.17) is 4.74 Å². The Labute approximate surface area is 85.9 Å². The molecule has 1 atom stereocenters. The van der Waals surface area contributed by atoms with E-state index >= 15 is 0 Å². The van der Waals surface area contributed by atoms with Crippen LogP contribution < -0.4 is 5.32 Å². The largest absolute Gasteiger partial charge is 0.476 e. The fraction of sp³-hybridized carbons (Fsp3) is 0.909. The van der Waals surface area contributed by atoms with E-state index in [0.29, 0.717) is 6.10 Å². The molecule has 3 nitrogen and oxygen atoms in total. The first-order chi connectivity index (χ1) is 6.88. The van der Waals surface area contributed by atoms with Crippen molar-refractivity contribution in [3.63, 3.8) is 0 Å². The molecule has 0 radical (unpaired) electrons. The SMILES string of the molecule is CCC1CN=C(CC2CCNCC2)O1. The Morgan fingerprint density at radius 3 is 2.86 bits per heavy atom. The highest BCUT2D eigenvalue weighted by molar-refractivity contribution is 5.77. The van der Waals surface area contributed by atoms with Crippen molar-refractivity contribution in [2.24, 2.45) is 10.9 Å². The van der Waals surface area contributed by atoms with Gasteiger partial charge in [0.05, 0.1) is 6.54 Å². The maximum Gasteiger partial charge on any atom is 0.183 e. The average molecular weight is 196 g/mol. The quantitative estimate of drug-likeness (QED) is 0.743. The van der Waals surface area contributed by atoms with Gasteiger partial charge < -0.3 is 10.1 Å². The van der Waals surface area contributed by atoms with Crippen LogP contribution in [0, 0.1) is 5.92 Å². The van der Waals surface area contributed by atoms with Gasteiger partial charge in [0, 0.05) is 6.42 Å². The summed E-state index contributed by atoms with van der Waals surface area (Å²) < 4.78 is 5.74. The molecule has 2 heterocycles. The number of ether oxygens (including phenoxy) is 1. The summed E-state index contributed by atoms with van der Waals surface area (Å²) >= 11 is 0. The molecule has 0 amide bonds. The molecule has 2 aliphatic heterocycles. The first kappa shape index (κ1) is 9.97. The van der Waals surface area contributed by atoms with Gasteiger partial charge in [0.25, 0.3) is 0 Å². The van der Waals surface area contributed by atoms with Crippen LogP contribution in [0.4, 0.5) is 0 Å². The van der Waals surface area contributed by atoms with E-state index < -0.39 is 0 Å². The third kappa shape index (κ3) is 2.47. The van der Waals surface area contributed by atoms with Crippen molar-refractivity contribution in [1.29, 1.82) is 0 Å². The number of piperidine rings is 1. The maximum absolute atomic E-state index is 5.74. The van der Waals surface area contributed by atoms with Crippen LogP contribution in [0.15, 0.2) is 4.99 Å². The molecule has 3 heteroatoms. The molecule has 0 spiro atoms. The highest BCUT2D eigenvalue weighted by atomic mass is 16.5. The standard InChI is InChI=1S/C11H20N2O/c1-2-10-8-13-11(14-10)7-9-3-5-12-6-4-9/h9-10,12H,2-8H2,1H3. The van der Waals surface area contributed by atoms with Gasteiger partial charge in [-0.2, -0.15) is 0 Å². The van der Waals surface area contributed by atoms with Crippen molar-refractivity contribution >= 4 is 5.90 Å². The summed E-state index contributed by atoms with van der Waals surface area (Å²) in [5, 5.41) is 3.38. The summed E-state index contributed by atoms with van der Waals surface area (Å²) in [5.41, 5.74) is 0. The molecule has 0 aromatic heterocycles. The Balaban J connectivity index is 1.75. The normalized spacial score (nSPS) is 28.6. The molecule has 2 aliphatic rings. The number of nitrogens with one attached hydrogen (secondary N) is 1. The Bertz CT molecular complexity index is 209. The van der Waals surface area contributed by atoms with Crippen molar-refractivity contribution in [2.45, 2.75) is 38.7 Å². The van der Waals surface area contributed by atoms with Gasteiger partial charge in [-0.15, -0.1) is 0 Å². The zero-order chi connectivity index (χ0) is 9.80. The van der Waals surface area contributed by atoms with E-state index in [-0.39, 0.29) is 0 Å². The molecule has 0 saturated carbocycles. The zero-order valence-electron chi connectivity index (χ0n) is 8.96. The van der Waals surface area contributed by atoms with Gasteiger partial charge in [0.15, 0.2) is 5.90 Å². The van der Waals surface area contributed by atoms with Gasteiger partial charge >= 0.3 is 0 Å².